The summed E-state index contributed by atoms with van der Waals surface area (Å²) >= 11 is 0. The molecule has 0 fully saturated rings. The minimum absolute atomic E-state index is 0.168. The highest BCUT2D eigenvalue weighted by atomic mass is 16.7. The normalized spacial score (nSPS) is 10.9. The largest absolute Gasteiger partial charge is 0.460 e. The van der Waals surface area contributed by atoms with Gasteiger partial charge in [-0.15, -0.1) is 0 Å². The van der Waals surface area contributed by atoms with E-state index < -0.39 is 17.8 Å². The maximum absolute atomic E-state index is 10.8. The fourth-order valence-corrected chi connectivity index (χ4v) is 0.487. The summed E-state index contributed by atoms with van der Waals surface area (Å²) in [5, 5.41) is 3.05. The molecule has 7 heteroatoms. The third-order valence-corrected chi connectivity index (χ3v) is 0.993. The molecule has 14 heavy (non-hydrogen) atoms. The maximum Gasteiger partial charge on any atom is 0.377 e. The average molecular weight is 204 g/mol. The van der Waals surface area contributed by atoms with E-state index in [0.29, 0.717) is 0 Å². The molecule has 0 aliphatic rings. The molecule has 0 spiro atoms. The topological polar surface area (TPSA) is 100 Å². The van der Waals surface area contributed by atoms with Crippen LogP contribution in [0.4, 0.5) is 0 Å². The first kappa shape index (κ1) is 12.4. The van der Waals surface area contributed by atoms with Crippen LogP contribution >= 0.6 is 0 Å². The van der Waals surface area contributed by atoms with Crippen molar-refractivity contribution in [2.75, 3.05) is 20.3 Å². The molecular weight excluding hydrogens is 192 g/mol. The quantitative estimate of drug-likeness (QED) is 0.207. The van der Waals surface area contributed by atoms with Crippen molar-refractivity contribution in [3.63, 3.8) is 0 Å². The second-order valence-corrected chi connectivity index (χ2v) is 2.09. The molecule has 0 saturated heterocycles. The van der Waals surface area contributed by atoms with Crippen molar-refractivity contribution in [3.05, 3.63) is 0 Å². The Morgan fingerprint density at radius 3 is 2.57 bits per heavy atom. The number of rotatable bonds is 4. The number of nitrogens with zero attached hydrogens (tertiary/aromatic N) is 1. The number of oxime groups is 1. The second kappa shape index (κ2) is 6.84. The number of carbonyl (C=O) groups is 2. The van der Waals surface area contributed by atoms with E-state index in [9.17, 15) is 9.59 Å². The van der Waals surface area contributed by atoms with Crippen LogP contribution in [0.2, 0.25) is 0 Å². The summed E-state index contributed by atoms with van der Waals surface area (Å²) < 4.78 is 8.92. The predicted molar refractivity (Wildman–Crippen MR) is 46.2 cm³/mol. The Morgan fingerprint density at radius 1 is 1.43 bits per heavy atom. The number of esters is 1. The van der Waals surface area contributed by atoms with Gasteiger partial charge in [-0.1, -0.05) is 5.16 Å². The van der Waals surface area contributed by atoms with Gasteiger partial charge in [0, 0.05) is 7.11 Å². The smallest absolute Gasteiger partial charge is 0.377 e. The molecule has 0 unspecified atom stereocenters. The van der Waals surface area contributed by atoms with Crippen LogP contribution in [0.25, 0.3) is 0 Å². The SMILES string of the molecule is CCOC(=O)/C(N)=N/OC(=O)COC. The molecule has 80 valence electrons. The van der Waals surface area contributed by atoms with Crippen molar-refractivity contribution >= 4 is 17.8 Å². The minimum Gasteiger partial charge on any atom is -0.460 e. The number of carbonyl (C=O) groups excluding carboxylic acids is 2. The molecule has 0 aliphatic carbocycles. The molecule has 0 atom stereocenters. The highest BCUT2D eigenvalue weighted by Gasteiger charge is 2.09. The molecule has 0 aromatic rings. The van der Waals surface area contributed by atoms with Crippen molar-refractivity contribution in [3.8, 4) is 0 Å². The third kappa shape index (κ3) is 5.09. The van der Waals surface area contributed by atoms with E-state index in [1.54, 1.807) is 6.92 Å². The van der Waals surface area contributed by atoms with E-state index in [0.717, 1.165) is 0 Å². The van der Waals surface area contributed by atoms with Crippen molar-refractivity contribution < 1.29 is 23.9 Å². The summed E-state index contributed by atoms with van der Waals surface area (Å²) in [5.41, 5.74) is 5.11. The van der Waals surface area contributed by atoms with Crippen LogP contribution in [0.3, 0.4) is 0 Å². The highest BCUT2D eigenvalue weighted by Crippen LogP contribution is 1.84. The Balaban J connectivity index is 3.98. The third-order valence-electron chi connectivity index (χ3n) is 0.993. The average Bonchev–Trinajstić information content (AvgIpc) is 2.15. The lowest BCUT2D eigenvalue weighted by atomic mass is 10.6. The Hall–Kier alpha value is -1.63. The van der Waals surface area contributed by atoms with Gasteiger partial charge >= 0.3 is 11.9 Å². The Morgan fingerprint density at radius 2 is 2.07 bits per heavy atom. The Labute approximate surface area is 80.8 Å². The van der Waals surface area contributed by atoms with Gasteiger partial charge in [0.15, 0.2) is 0 Å². The molecule has 0 radical (unpaired) electrons. The molecule has 0 aromatic carbocycles. The van der Waals surface area contributed by atoms with Crippen molar-refractivity contribution in [2.24, 2.45) is 10.9 Å². The summed E-state index contributed by atoms with van der Waals surface area (Å²) in [5.74, 6) is -2.10. The lowest BCUT2D eigenvalue weighted by Crippen LogP contribution is -2.27. The summed E-state index contributed by atoms with van der Waals surface area (Å²) in [7, 11) is 1.32. The molecule has 0 heterocycles. The van der Waals surface area contributed by atoms with Gasteiger partial charge < -0.3 is 20.0 Å². The lowest BCUT2D eigenvalue weighted by molar-refractivity contribution is -0.148. The Bertz CT molecular complexity index is 238. The minimum atomic E-state index is -0.835. The van der Waals surface area contributed by atoms with E-state index in [2.05, 4.69) is 19.5 Å². The standard InChI is InChI=1S/C7H12N2O5/c1-3-13-7(11)6(8)9-14-5(10)4-12-2/h3-4H2,1-2H3,(H2,8,9). The van der Waals surface area contributed by atoms with Crippen LogP contribution < -0.4 is 5.73 Å². The molecule has 0 rings (SSSR count). The van der Waals surface area contributed by atoms with Crippen LogP contribution in [0.1, 0.15) is 6.92 Å². The first-order valence-corrected chi connectivity index (χ1v) is 3.81. The van der Waals surface area contributed by atoms with E-state index >= 15 is 0 Å². The molecule has 0 amide bonds. The van der Waals surface area contributed by atoms with Gasteiger partial charge in [-0.2, -0.15) is 0 Å². The second-order valence-electron chi connectivity index (χ2n) is 2.09. The van der Waals surface area contributed by atoms with Gasteiger partial charge in [0.25, 0.3) is 0 Å². The molecule has 0 bridgehead atoms. The summed E-state index contributed by atoms with van der Waals surface area (Å²) in [6.07, 6.45) is 0. The summed E-state index contributed by atoms with van der Waals surface area (Å²) in [4.78, 5) is 25.7. The zero-order valence-electron chi connectivity index (χ0n) is 7.98. The fourth-order valence-electron chi connectivity index (χ4n) is 0.487. The maximum atomic E-state index is 10.8. The Kier molecular flexibility index (Phi) is 6.04. The van der Waals surface area contributed by atoms with Crippen LogP contribution in [-0.2, 0) is 23.9 Å². The van der Waals surface area contributed by atoms with Gasteiger partial charge in [-0.3, -0.25) is 0 Å². The molecule has 0 aliphatic heterocycles. The fraction of sp³-hybridized carbons (Fsp3) is 0.571. The number of methoxy groups -OCH3 is 1. The number of nitrogens with two attached hydrogens (primary N) is 1. The zero-order chi connectivity index (χ0) is 11.0. The molecule has 0 saturated carbocycles. The van der Waals surface area contributed by atoms with Gasteiger partial charge in [-0.25, -0.2) is 9.59 Å². The number of amidine groups is 1. The van der Waals surface area contributed by atoms with Crippen molar-refractivity contribution in [1.82, 2.24) is 0 Å². The van der Waals surface area contributed by atoms with Gasteiger partial charge in [0.2, 0.25) is 5.84 Å². The van der Waals surface area contributed by atoms with Gasteiger partial charge in [-0.05, 0) is 6.92 Å². The number of hydrogen-bond donors (Lipinski definition) is 1. The molecule has 7 nitrogen and oxygen atoms in total. The summed E-state index contributed by atoms with van der Waals surface area (Å²) in [6, 6.07) is 0. The number of hydrogen-bond acceptors (Lipinski definition) is 6. The molecule has 0 aromatic heterocycles. The van der Waals surface area contributed by atoms with Crippen LogP contribution in [0.5, 0.6) is 0 Å². The molecular formula is C7H12N2O5. The highest BCUT2D eigenvalue weighted by molar-refractivity contribution is 6.34. The van der Waals surface area contributed by atoms with E-state index in [4.69, 9.17) is 5.73 Å². The van der Waals surface area contributed by atoms with E-state index in [1.807, 2.05) is 0 Å². The van der Waals surface area contributed by atoms with Crippen LogP contribution in [0.15, 0.2) is 5.16 Å². The van der Waals surface area contributed by atoms with E-state index in [1.165, 1.54) is 7.11 Å². The van der Waals surface area contributed by atoms with Gasteiger partial charge in [0.05, 0.1) is 6.61 Å². The first-order valence-electron chi connectivity index (χ1n) is 3.81. The van der Waals surface area contributed by atoms with E-state index in [-0.39, 0.29) is 13.2 Å². The predicted octanol–water partition coefficient (Wildman–Crippen LogP) is -0.989. The monoisotopic (exact) mass is 204 g/mol. The first-order chi connectivity index (χ1) is 6.61. The van der Waals surface area contributed by atoms with Crippen molar-refractivity contribution in [1.29, 1.82) is 0 Å². The number of ether oxygens (including phenoxy) is 2. The lowest BCUT2D eigenvalue weighted by Gasteiger charge is -1.99. The molecule has 2 N–H and O–H groups in total. The van der Waals surface area contributed by atoms with Crippen LogP contribution in [-0.4, -0.2) is 38.1 Å². The van der Waals surface area contributed by atoms with Gasteiger partial charge in [0.1, 0.15) is 6.61 Å². The summed E-state index contributed by atoms with van der Waals surface area (Å²) in [6.45, 7) is 1.52. The zero-order valence-corrected chi connectivity index (χ0v) is 7.98. The van der Waals surface area contributed by atoms with Crippen LogP contribution in [0, 0.1) is 0 Å². The van der Waals surface area contributed by atoms with Crippen molar-refractivity contribution in [2.45, 2.75) is 6.92 Å².